The Morgan fingerprint density at radius 3 is 2.52 bits per heavy atom. The Balaban J connectivity index is 0.00000161. The molecule has 5 nitrogen and oxygen atoms in total. The first-order valence-corrected chi connectivity index (χ1v) is 8.36. The number of ether oxygens (including phenoxy) is 1. The van der Waals surface area contributed by atoms with Crippen LogP contribution in [0.15, 0.2) is 11.3 Å². The third kappa shape index (κ3) is 3.73. The van der Waals surface area contributed by atoms with Crippen LogP contribution in [-0.4, -0.2) is 46.5 Å². The van der Waals surface area contributed by atoms with Crippen LogP contribution in [0.2, 0.25) is 0 Å². The van der Waals surface area contributed by atoms with Crippen molar-refractivity contribution in [1.29, 1.82) is 0 Å². The van der Waals surface area contributed by atoms with Gasteiger partial charge in [0, 0.05) is 11.4 Å². The SMILES string of the molecule is CC1SC=C(OC2CCC(N3CCC3)CC2)N1C(=O)[O-].[Li+]. The molecule has 112 valence electrons. The molecule has 1 aliphatic carbocycles. The van der Waals surface area contributed by atoms with E-state index in [0.29, 0.717) is 11.9 Å². The van der Waals surface area contributed by atoms with E-state index in [-0.39, 0.29) is 30.3 Å². The fourth-order valence-corrected chi connectivity index (χ4v) is 3.98. The molecule has 3 rings (SSSR count). The quantitative estimate of drug-likeness (QED) is 0.598. The maximum absolute atomic E-state index is 11.1. The van der Waals surface area contributed by atoms with Gasteiger partial charge in [-0.3, -0.25) is 4.90 Å². The van der Waals surface area contributed by atoms with Crippen LogP contribution in [0.3, 0.4) is 0 Å². The van der Waals surface area contributed by atoms with Crippen LogP contribution in [-0.2, 0) is 4.74 Å². The first-order valence-electron chi connectivity index (χ1n) is 7.41. The fourth-order valence-electron chi connectivity index (χ4n) is 3.18. The summed E-state index contributed by atoms with van der Waals surface area (Å²) in [5.41, 5.74) is 0. The van der Waals surface area contributed by atoms with Gasteiger partial charge in [0.1, 0.15) is 12.2 Å². The topological polar surface area (TPSA) is 55.8 Å². The largest absolute Gasteiger partial charge is 1.00 e. The molecule has 2 aliphatic heterocycles. The molecule has 1 unspecified atom stereocenters. The smallest absolute Gasteiger partial charge is 0.530 e. The summed E-state index contributed by atoms with van der Waals surface area (Å²) in [5, 5.41) is 12.8. The van der Waals surface area contributed by atoms with Crippen molar-refractivity contribution in [3.8, 4) is 0 Å². The summed E-state index contributed by atoms with van der Waals surface area (Å²) in [6.45, 7) is 4.33. The third-order valence-corrected chi connectivity index (χ3v) is 5.44. The Bertz CT molecular complexity index is 409. The summed E-state index contributed by atoms with van der Waals surface area (Å²) >= 11 is 1.46. The van der Waals surface area contributed by atoms with Gasteiger partial charge in [0.25, 0.3) is 0 Å². The Morgan fingerprint density at radius 2 is 2.00 bits per heavy atom. The molecule has 1 atom stereocenters. The number of hydrogen-bond acceptors (Lipinski definition) is 5. The van der Waals surface area contributed by atoms with Gasteiger partial charge in [-0.05, 0) is 52.1 Å². The predicted octanol–water partition coefficient (Wildman–Crippen LogP) is -1.44. The maximum Gasteiger partial charge on any atom is 1.00 e. The molecular formula is C14H21LiN2O3S. The summed E-state index contributed by atoms with van der Waals surface area (Å²) in [7, 11) is 0. The zero-order valence-corrected chi connectivity index (χ0v) is 13.6. The molecule has 0 aromatic carbocycles. The number of rotatable bonds is 3. The van der Waals surface area contributed by atoms with Crippen LogP contribution in [0.5, 0.6) is 0 Å². The monoisotopic (exact) mass is 304 g/mol. The molecule has 0 aromatic rings. The summed E-state index contributed by atoms with van der Waals surface area (Å²) in [6, 6.07) is 0.715. The third-order valence-electron chi connectivity index (χ3n) is 4.50. The zero-order chi connectivity index (χ0) is 14.1. The molecule has 1 amide bonds. The minimum atomic E-state index is -1.18. The van der Waals surface area contributed by atoms with E-state index in [0.717, 1.165) is 25.7 Å². The summed E-state index contributed by atoms with van der Waals surface area (Å²) in [6.07, 6.45) is 4.64. The molecule has 0 N–H and O–H groups in total. The van der Waals surface area contributed by atoms with Gasteiger partial charge in [0.15, 0.2) is 0 Å². The first kappa shape index (κ1) is 17.1. The molecule has 0 spiro atoms. The summed E-state index contributed by atoms with van der Waals surface area (Å²) < 4.78 is 5.90. The Hall–Kier alpha value is -0.283. The van der Waals surface area contributed by atoms with E-state index in [1.807, 2.05) is 6.92 Å². The van der Waals surface area contributed by atoms with E-state index >= 15 is 0 Å². The Kier molecular flexibility index (Phi) is 5.95. The van der Waals surface area contributed by atoms with Gasteiger partial charge in [-0.1, -0.05) is 0 Å². The van der Waals surface area contributed by atoms with Gasteiger partial charge in [-0.25, -0.2) is 0 Å². The fraction of sp³-hybridized carbons (Fsp3) is 0.786. The van der Waals surface area contributed by atoms with Gasteiger partial charge >= 0.3 is 18.9 Å². The van der Waals surface area contributed by atoms with Gasteiger partial charge in [0.05, 0.1) is 5.37 Å². The molecule has 0 bridgehead atoms. The van der Waals surface area contributed by atoms with Gasteiger partial charge in [-0.2, -0.15) is 0 Å². The number of amides is 1. The van der Waals surface area contributed by atoms with Gasteiger partial charge < -0.3 is 19.5 Å². The predicted molar refractivity (Wildman–Crippen MR) is 75.7 cm³/mol. The average molecular weight is 304 g/mol. The molecule has 2 fully saturated rings. The van der Waals surface area contributed by atoms with E-state index in [2.05, 4.69) is 4.90 Å². The molecule has 3 aliphatic rings. The van der Waals surface area contributed by atoms with Crippen LogP contribution >= 0.6 is 11.8 Å². The van der Waals surface area contributed by atoms with Crippen molar-refractivity contribution < 1.29 is 33.5 Å². The van der Waals surface area contributed by atoms with Crippen LogP contribution in [0.25, 0.3) is 0 Å². The molecule has 7 heteroatoms. The maximum atomic E-state index is 11.1. The van der Waals surface area contributed by atoms with Crippen molar-refractivity contribution in [1.82, 2.24) is 9.80 Å². The Morgan fingerprint density at radius 1 is 1.33 bits per heavy atom. The normalized spacial score (nSPS) is 32.9. The second kappa shape index (κ2) is 7.32. The van der Waals surface area contributed by atoms with Crippen molar-refractivity contribution in [3.05, 3.63) is 11.3 Å². The minimum Gasteiger partial charge on any atom is -0.530 e. The first-order chi connectivity index (χ1) is 9.65. The van der Waals surface area contributed by atoms with E-state index in [1.165, 1.54) is 36.2 Å². The van der Waals surface area contributed by atoms with E-state index in [9.17, 15) is 9.90 Å². The standard InChI is InChI=1S/C14H22N2O3S.Li/c1-10-16(14(17)18)13(9-20-10)19-12-5-3-11(4-6-12)15-7-2-8-15;/h9-12H,2-8H2,1H3,(H,17,18);/q;+1/p-1. The molecule has 1 saturated carbocycles. The number of carboxylic acid groups (broad SMARTS) is 1. The van der Waals surface area contributed by atoms with E-state index in [1.54, 1.807) is 5.41 Å². The number of thioether (sulfide) groups is 1. The van der Waals surface area contributed by atoms with Crippen LogP contribution in [0, 0.1) is 0 Å². The van der Waals surface area contributed by atoms with E-state index in [4.69, 9.17) is 4.74 Å². The molecule has 21 heavy (non-hydrogen) atoms. The second-order valence-corrected chi connectivity index (χ2v) is 6.96. The van der Waals surface area contributed by atoms with Crippen molar-refractivity contribution in [2.45, 2.75) is 56.5 Å². The van der Waals surface area contributed by atoms with Gasteiger partial charge in [0.2, 0.25) is 5.88 Å². The summed E-state index contributed by atoms with van der Waals surface area (Å²) in [5.74, 6) is 0.454. The van der Waals surface area contributed by atoms with Crippen LogP contribution in [0.4, 0.5) is 4.79 Å². The molecule has 1 saturated heterocycles. The average Bonchev–Trinajstić information content (AvgIpc) is 2.71. The number of likely N-dealkylation sites (tertiary alicyclic amines) is 1. The van der Waals surface area contributed by atoms with Crippen molar-refractivity contribution in [2.24, 2.45) is 0 Å². The number of hydrogen-bond donors (Lipinski definition) is 0. The van der Waals surface area contributed by atoms with Crippen LogP contribution in [0.1, 0.15) is 39.0 Å². The summed E-state index contributed by atoms with van der Waals surface area (Å²) in [4.78, 5) is 14.9. The van der Waals surface area contributed by atoms with Crippen molar-refractivity contribution >= 4 is 17.9 Å². The van der Waals surface area contributed by atoms with Crippen LogP contribution < -0.4 is 24.0 Å². The zero-order valence-electron chi connectivity index (χ0n) is 12.8. The second-order valence-electron chi connectivity index (χ2n) is 5.77. The van der Waals surface area contributed by atoms with Crippen molar-refractivity contribution in [3.63, 3.8) is 0 Å². The number of carbonyl (C=O) groups is 1. The molecule has 0 aromatic heterocycles. The van der Waals surface area contributed by atoms with Crippen molar-refractivity contribution in [2.75, 3.05) is 13.1 Å². The molecule has 2 heterocycles. The molecule has 0 radical (unpaired) electrons. The Labute approximate surface area is 142 Å². The minimum absolute atomic E-state index is 0. The molecular weight excluding hydrogens is 283 g/mol. The number of carbonyl (C=O) groups excluding carboxylic acids is 1. The number of nitrogens with zero attached hydrogens (tertiary/aromatic N) is 2. The van der Waals surface area contributed by atoms with Gasteiger partial charge in [-0.15, -0.1) is 11.8 Å². The van der Waals surface area contributed by atoms with E-state index < -0.39 is 6.09 Å².